The molecule has 0 aromatic heterocycles. The summed E-state index contributed by atoms with van der Waals surface area (Å²) in [5, 5.41) is 0. The first-order chi connectivity index (χ1) is 13.7. The standard InChI is InChI=1S/C22H21F2NO3S/c1-15-8-10-19(13-21(15)24)25(14-17-5-4-6-20(11-17)28-3)29(26,27)22-12-18(23)9-7-16(22)2/h4-13H,14H2,1-3H3. The summed E-state index contributed by atoms with van der Waals surface area (Å²) in [6.07, 6.45) is 0. The Morgan fingerprint density at radius 2 is 1.66 bits per heavy atom. The van der Waals surface area contributed by atoms with Crippen LogP contribution in [0.4, 0.5) is 14.5 Å². The highest BCUT2D eigenvalue weighted by molar-refractivity contribution is 7.92. The number of aryl methyl sites for hydroxylation is 2. The molecule has 0 unspecified atom stereocenters. The second-order valence-corrected chi connectivity index (χ2v) is 8.54. The van der Waals surface area contributed by atoms with Crippen molar-refractivity contribution in [2.75, 3.05) is 11.4 Å². The van der Waals surface area contributed by atoms with Gasteiger partial charge in [-0.2, -0.15) is 0 Å². The van der Waals surface area contributed by atoms with Crippen LogP contribution in [0.1, 0.15) is 16.7 Å². The molecule has 7 heteroatoms. The van der Waals surface area contributed by atoms with Crippen LogP contribution in [0.2, 0.25) is 0 Å². The van der Waals surface area contributed by atoms with Crippen molar-refractivity contribution in [1.82, 2.24) is 0 Å². The van der Waals surface area contributed by atoms with Crippen LogP contribution in [0.3, 0.4) is 0 Å². The Morgan fingerprint density at radius 3 is 2.34 bits per heavy atom. The summed E-state index contributed by atoms with van der Waals surface area (Å²) in [7, 11) is -2.66. The minimum absolute atomic E-state index is 0.0714. The molecule has 3 rings (SSSR count). The van der Waals surface area contributed by atoms with Crippen LogP contribution in [-0.4, -0.2) is 15.5 Å². The van der Waals surface area contributed by atoms with Gasteiger partial charge in [-0.25, -0.2) is 17.2 Å². The smallest absolute Gasteiger partial charge is 0.264 e. The fourth-order valence-electron chi connectivity index (χ4n) is 2.96. The van der Waals surface area contributed by atoms with E-state index in [0.717, 1.165) is 10.4 Å². The normalized spacial score (nSPS) is 11.3. The number of anilines is 1. The first-order valence-corrected chi connectivity index (χ1v) is 10.3. The molecule has 0 aliphatic rings. The third kappa shape index (κ3) is 4.40. The minimum Gasteiger partial charge on any atom is -0.497 e. The molecule has 3 aromatic carbocycles. The fraction of sp³-hybridized carbons (Fsp3) is 0.182. The van der Waals surface area contributed by atoms with Crippen molar-refractivity contribution < 1.29 is 21.9 Å². The Morgan fingerprint density at radius 1 is 0.931 bits per heavy atom. The van der Waals surface area contributed by atoms with Gasteiger partial charge in [0.2, 0.25) is 0 Å². The van der Waals surface area contributed by atoms with Crippen molar-refractivity contribution in [1.29, 1.82) is 0 Å². The lowest BCUT2D eigenvalue weighted by Crippen LogP contribution is -2.31. The molecule has 0 amide bonds. The molecule has 0 fully saturated rings. The van der Waals surface area contributed by atoms with Crippen LogP contribution >= 0.6 is 0 Å². The summed E-state index contributed by atoms with van der Waals surface area (Å²) in [4.78, 5) is -0.165. The largest absolute Gasteiger partial charge is 0.497 e. The number of hydrogen-bond acceptors (Lipinski definition) is 3. The Bertz CT molecular complexity index is 1150. The number of methoxy groups -OCH3 is 1. The molecule has 0 heterocycles. The van der Waals surface area contributed by atoms with Crippen molar-refractivity contribution in [2.45, 2.75) is 25.3 Å². The van der Waals surface area contributed by atoms with E-state index in [4.69, 9.17) is 4.74 Å². The van der Waals surface area contributed by atoms with Gasteiger partial charge in [-0.3, -0.25) is 4.31 Å². The van der Waals surface area contributed by atoms with Crippen molar-refractivity contribution in [3.63, 3.8) is 0 Å². The predicted molar refractivity (Wildman–Crippen MR) is 109 cm³/mol. The van der Waals surface area contributed by atoms with E-state index in [1.165, 1.54) is 37.4 Å². The van der Waals surface area contributed by atoms with Gasteiger partial charge < -0.3 is 4.74 Å². The molecule has 0 radical (unpaired) electrons. The van der Waals surface area contributed by atoms with Gasteiger partial charge in [0, 0.05) is 0 Å². The van der Waals surface area contributed by atoms with Crippen molar-refractivity contribution >= 4 is 15.7 Å². The van der Waals surface area contributed by atoms with Gasteiger partial charge in [-0.05, 0) is 66.9 Å². The molecule has 0 saturated heterocycles. The van der Waals surface area contributed by atoms with Gasteiger partial charge in [0.25, 0.3) is 10.0 Å². The lowest BCUT2D eigenvalue weighted by Gasteiger charge is -2.26. The zero-order valence-electron chi connectivity index (χ0n) is 16.3. The highest BCUT2D eigenvalue weighted by atomic mass is 32.2. The Hall–Kier alpha value is -2.93. The molecule has 0 aliphatic heterocycles. The average molecular weight is 417 g/mol. The zero-order valence-corrected chi connectivity index (χ0v) is 17.1. The lowest BCUT2D eigenvalue weighted by molar-refractivity contribution is 0.414. The second kappa shape index (κ2) is 8.21. The van der Waals surface area contributed by atoms with Gasteiger partial charge in [-0.15, -0.1) is 0 Å². The topological polar surface area (TPSA) is 46.6 Å². The molecule has 3 aromatic rings. The zero-order chi connectivity index (χ0) is 21.2. The summed E-state index contributed by atoms with van der Waals surface area (Å²) in [5.41, 5.74) is 1.59. The minimum atomic E-state index is -4.17. The first-order valence-electron chi connectivity index (χ1n) is 8.90. The van der Waals surface area contributed by atoms with E-state index >= 15 is 0 Å². The van der Waals surface area contributed by atoms with Gasteiger partial charge >= 0.3 is 0 Å². The third-order valence-electron chi connectivity index (χ3n) is 4.62. The molecule has 0 N–H and O–H groups in total. The maximum absolute atomic E-state index is 14.2. The summed E-state index contributed by atoms with van der Waals surface area (Å²) in [5.74, 6) is -0.619. The molecule has 0 spiro atoms. The quantitative estimate of drug-likeness (QED) is 0.568. The van der Waals surface area contributed by atoms with Crippen LogP contribution in [-0.2, 0) is 16.6 Å². The van der Waals surface area contributed by atoms with E-state index in [9.17, 15) is 17.2 Å². The molecule has 0 atom stereocenters. The highest BCUT2D eigenvalue weighted by Gasteiger charge is 2.28. The number of hydrogen-bond donors (Lipinski definition) is 0. The van der Waals surface area contributed by atoms with Crippen LogP contribution in [0.5, 0.6) is 5.75 Å². The SMILES string of the molecule is COc1cccc(CN(c2ccc(C)c(F)c2)S(=O)(=O)c2cc(F)ccc2C)c1. The number of sulfonamides is 1. The highest BCUT2D eigenvalue weighted by Crippen LogP contribution is 2.30. The summed E-state index contributed by atoms with van der Waals surface area (Å²) >= 11 is 0. The average Bonchev–Trinajstić information content (AvgIpc) is 2.70. The second-order valence-electron chi connectivity index (χ2n) is 6.71. The van der Waals surface area contributed by atoms with Crippen LogP contribution in [0.15, 0.2) is 65.6 Å². The molecule has 0 saturated carbocycles. The maximum Gasteiger partial charge on any atom is 0.264 e. The molecule has 4 nitrogen and oxygen atoms in total. The molecule has 29 heavy (non-hydrogen) atoms. The molecular weight excluding hydrogens is 396 g/mol. The maximum atomic E-state index is 14.2. The molecule has 0 aliphatic carbocycles. The molecule has 152 valence electrons. The Kier molecular flexibility index (Phi) is 5.88. The number of ether oxygens (including phenoxy) is 1. The van der Waals surface area contributed by atoms with Gasteiger partial charge in [0.1, 0.15) is 17.4 Å². The first kappa shape index (κ1) is 20.8. The van der Waals surface area contributed by atoms with Crippen molar-refractivity contribution in [3.8, 4) is 5.75 Å². The summed E-state index contributed by atoms with van der Waals surface area (Å²) < 4.78 is 61.3. The summed E-state index contributed by atoms with van der Waals surface area (Å²) in [6.45, 7) is 3.11. The van der Waals surface area contributed by atoms with Crippen molar-refractivity contribution in [2.24, 2.45) is 0 Å². The fourth-order valence-corrected chi connectivity index (χ4v) is 4.64. The molecular formula is C22H21F2NO3S. The van der Waals surface area contributed by atoms with E-state index < -0.39 is 21.7 Å². The number of rotatable bonds is 6. The van der Waals surface area contributed by atoms with E-state index in [-0.39, 0.29) is 17.1 Å². The van der Waals surface area contributed by atoms with E-state index in [1.807, 2.05) is 0 Å². The predicted octanol–water partition coefficient (Wildman–Crippen LogP) is 4.99. The monoisotopic (exact) mass is 417 g/mol. The number of halogens is 2. The van der Waals surface area contributed by atoms with Crippen LogP contribution in [0.25, 0.3) is 0 Å². The van der Waals surface area contributed by atoms with E-state index in [0.29, 0.717) is 22.4 Å². The Balaban J connectivity index is 2.15. The summed E-state index contributed by atoms with van der Waals surface area (Å²) in [6, 6.07) is 14.7. The van der Waals surface area contributed by atoms with Gasteiger partial charge in [0.15, 0.2) is 0 Å². The van der Waals surface area contributed by atoms with Crippen LogP contribution in [0, 0.1) is 25.5 Å². The van der Waals surface area contributed by atoms with Gasteiger partial charge in [-0.1, -0.05) is 24.3 Å². The van der Waals surface area contributed by atoms with Crippen LogP contribution < -0.4 is 9.04 Å². The molecule has 0 bridgehead atoms. The Labute approximate surface area is 169 Å². The third-order valence-corrected chi connectivity index (χ3v) is 6.54. The van der Waals surface area contributed by atoms with Crippen molar-refractivity contribution in [3.05, 3.63) is 89.0 Å². The van der Waals surface area contributed by atoms with Gasteiger partial charge in [0.05, 0.1) is 24.2 Å². The van der Waals surface area contributed by atoms with E-state index in [2.05, 4.69) is 0 Å². The number of benzene rings is 3. The number of nitrogens with zero attached hydrogens (tertiary/aromatic N) is 1. The lowest BCUT2D eigenvalue weighted by atomic mass is 10.2. The van der Waals surface area contributed by atoms with E-state index in [1.54, 1.807) is 38.1 Å².